The average Bonchev–Trinajstić information content (AvgIpc) is 3.17. The van der Waals surface area contributed by atoms with Gasteiger partial charge in [0.05, 0.1) is 11.1 Å². The molecule has 4 rings (SSSR count). The van der Waals surface area contributed by atoms with Crippen molar-refractivity contribution < 1.29 is 27.2 Å². The van der Waals surface area contributed by atoms with Gasteiger partial charge in [0.2, 0.25) is 0 Å². The maximum atomic E-state index is 13.1. The summed E-state index contributed by atoms with van der Waals surface area (Å²) >= 11 is 5.98. The van der Waals surface area contributed by atoms with Gasteiger partial charge in [-0.05, 0) is 36.8 Å². The molecule has 1 saturated heterocycles. The van der Waals surface area contributed by atoms with Crippen LogP contribution < -0.4 is 4.74 Å². The third kappa shape index (κ3) is 5.71. The maximum Gasteiger partial charge on any atom is 0.416 e. The van der Waals surface area contributed by atoms with Crippen LogP contribution in [0.4, 0.5) is 13.2 Å². The second-order valence-corrected chi connectivity index (χ2v) is 8.51. The molecule has 0 saturated carbocycles. The van der Waals surface area contributed by atoms with Crippen molar-refractivity contribution in [1.82, 2.24) is 15.0 Å². The Labute approximate surface area is 199 Å². The first-order valence-electron chi connectivity index (χ1n) is 10.7. The van der Waals surface area contributed by atoms with Crippen LogP contribution in [0.15, 0.2) is 53.1 Å². The van der Waals surface area contributed by atoms with E-state index in [1.165, 1.54) is 12.1 Å². The molecule has 0 N–H and O–H groups in total. The molecular formula is C24H23ClF3N3O3. The van der Waals surface area contributed by atoms with E-state index < -0.39 is 11.7 Å². The lowest BCUT2D eigenvalue weighted by Gasteiger charge is -2.34. The van der Waals surface area contributed by atoms with Gasteiger partial charge >= 0.3 is 6.18 Å². The van der Waals surface area contributed by atoms with E-state index in [0.29, 0.717) is 60.4 Å². The first-order chi connectivity index (χ1) is 16.2. The Bertz CT molecular complexity index is 1160. The van der Waals surface area contributed by atoms with Gasteiger partial charge in [-0.15, -0.1) is 0 Å². The lowest BCUT2D eigenvalue weighted by Crippen LogP contribution is -2.48. The van der Waals surface area contributed by atoms with Gasteiger partial charge in [-0.3, -0.25) is 9.69 Å². The molecule has 0 unspecified atom stereocenters. The molecule has 2 aromatic carbocycles. The minimum absolute atomic E-state index is 0.103. The highest BCUT2D eigenvalue weighted by Gasteiger charge is 2.31. The van der Waals surface area contributed by atoms with Crippen molar-refractivity contribution in [3.05, 3.63) is 81.7 Å². The molecule has 34 heavy (non-hydrogen) atoms. The van der Waals surface area contributed by atoms with Crippen LogP contribution in [0.3, 0.4) is 0 Å². The number of aryl methyl sites for hydroxylation is 1. The summed E-state index contributed by atoms with van der Waals surface area (Å²) < 4.78 is 49.9. The molecule has 0 bridgehead atoms. The summed E-state index contributed by atoms with van der Waals surface area (Å²) in [4.78, 5) is 16.8. The number of carbonyl (C=O) groups excluding carboxylic acids is 1. The van der Waals surface area contributed by atoms with E-state index in [0.717, 1.165) is 6.07 Å². The fraction of sp³-hybridized carbons (Fsp3) is 0.333. The average molecular weight is 494 g/mol. The zero-order chi connectivity index (χ0) is 24.3. The third-order valence-electron chi connectivity index (χ3n) is 5.69. The summed E-state index contributed by atoms with van der Waals surface area (Å²) in [7, 11) is 0. The zero-order valence-corrected chi connectivity index (χ0v) is 19.2. The van der Waals surface area contributed by atoms with Gasteiger partial charge in [-0.1, -0.05) is 41.0 Å². The minimum Gasteiger partial charge on any atom is -0.489 e. The fourth-order valence-corrected chi connectivity index (χ4v) is 3.98. The Morgan fingerprint density at radius 3 is 2.56 bits per heavy atom. The normalized spacial score (nSPS) is 14.9. The van der Waals surface area contributed by atoms with Crippen molar-refractivity contribution >= 4 is 17.5 Å². The van der Waals surface area contributed by atoms with E-state index in [2.05, 4.69) is 5.16 Å². The van der Waals surface area contributed by atoms with Crippen molar-refractivity contribution in [3.8, 4) is 5.75 Å². The molecule has 0 atom stereocenters. The van der Waals surface area contributed by atoms with E-state index in [-0.39, 0.29) is 18.2 Å². The molecule has 1 amide bonds. The molecule has 10 heteroatoms. The van der Waals surface area contributed by atoms with E-state index >= 15 is 0 Å². The quantitative estimate of drug-likeness (QED) is 0.473. The molecular weight excluding hydrogens is 471 g/mol. The molecule has 0 spiro atoms. The standard InChI is InChI=1S/C24H23ClF3N3O3/c1-16-21(15-33-20-7-3-6-19(25)13-20)22(29-34-16)23(32)31-10-8-30(9-11-31)14-17-4-2-5-18(12-17)24(26,27)28/h2-7,12-13H,8-11,14-15H2,1H3. The maximum absolute atomic E-state index is 13.1. The van der Waals surface area contributed by atoms with E-state index in [1.54, 1.807) is 42.2 Å². The number of piperazine rings is 1. The number of hydrogen-bond donors (Lipinski definition) is 0. The summed E-state index contributed by atoms with van der Waals surface area (Å²) in [5, 5.41) is 4.49. The van der Waals surface area contributed by atoms with Gasteiger partial charge in [-0.25, -0.2) is 0 Å². The van der Waals surface area contributed by atoms with Crippen LogP contribution in [0.5, 0.6) is 5.75 Å². The monoisotopic (exact) mass is 493 g/mol. The molecule has 6 nitrogen and oxygen atoms in total. The number of alkyl halides is 3. The fourth-order valence-electron chi connectivity index (χ4n) is 3.80. The van der Waals surface area contributed by atoms with Gasteiger partial charge < -0.3 is 14.2 Å². The second kappa shape index (κ2) is 10.1. The van der Waals surface area contributed by atoms with Crippen molar-refractivity contribution in [2.24, 2.45) is 0 Å². The van der Waals surface area contributed by atoms with Crippen molar-refractivity contribution in [2.75, 3.05) is 26.2 Å². The number of nitrogens with zero attached hydrogens (tertiary/aromatic N) is 3. The van der Waals surface area contributed by atoms with E-state index in [9.17, 15) is 18.0 Å². The third-order valence-corrected chi connectivity index (χ3v) is 5.92. The summed E-state index contributed by atoms with van der Waals surface area (Å²) in [6.45, 7) is 4.13. The highest BCUT2D eigenvalue weighted by Crippen LogP contribution is 2.30. The Morgan fingerprint density at radius 2 is 1.85 bits per heavy atom. The number of hydrogen-bond acceptors (Lipinski definition) is 5. The molecule has 1 aliphatic heterocycles. The molecule has 3 aromatic rings. The minimum atomic E-state index is -4.37. The molecule has 2 heterocycles. The smallest absolute Gasteiger partial charge is 0.416 e. The van der Waals surface area contributed by atoms with Gasteiger partial charge in [-0.2, -0.15) is 13.2 Å². The molecule has 1 aromatic heterocycles. The number of halogens is 4. The Balaban J connectivity index is 1.36. The first-order valence-corrected chi connectivity index (χ1v) is 11.1. The van der Waals surface area contributed by atoms with Crippen LogP contribution in [-0.4, -0.2) is 47.0 Å². The zero-order valence-electron chi connectivity index (χ0n) is 18.4. The number of carbonyl (C=O) groups is 1. The van der Waals surface area contributed by atoms with Crippen LogP contribution in [0.2, 0.25) is 5.02 Å². The van der Waals surface area contributed by atoms with E-state index in [4.69, 9.17) is 20.9 Å². The molecule has 0 radical (unpaired) electrons. The number of amides is 1. The van der Waals surface area contributed by atoms with Crippen molar-refractivity contribution in [2.45, 2.75) is 26.3 Å². The van der Waals surface area contributed by atoms with Crippen LogP contribution in [0, 0.1) is 6.92 Å². The summed E-state index contributed by atoms with van der Waals surface area (Å²) in [6, 6.07) is 12.3. The van der Waals surface area contributed by atoms with Crippen LogP contribution in [-0.2, 0) is 19.3 Å². The summed E-state index contributed by atoms with van der Waals surface area (Å²) in [6.07, 6.45) is -4.37. The second-order valence-electron chi connectivity index (χ2n) is 8.08. The van der Waals surface area contributed by atoms with Gasteiger partial charge in [0.1, 0.15) is 18.1 Å². The van der Waals surface area contributed by atoms with Crippen molar-refractivity contribution in [1.29, 1.82) is 0 Å². The topological polar surface area (TPSA) is 58.8 Å². The first kappa shape index (κ1) is 24.1. The van der Waals surface area contributed by atoms with Gasteiger partial charge in [0, 0.05) is 37.7 Å². The lowest BCUT2D eigenvalue weighted by atomic mass is 10.1. The Morgan fingerprint density at radius 1 is 1.12 bits per heavy atom. The number of benzene rings is 2. The molecule has 0 aliphatic carbocycles. The van der Waals surface area contributed by atoms with Crippen molar-refractivity contribution in [3.63, 3.8) is 0 Å². The molecule has 1 aliphatic rings. The Kier molecular flexibility index (Phi) is 7.13. The number of ether oxygens (including phenoxy) is 1. The molecule has 180 valence electrons. The van der Waals surface area contributed by atoms with E-state index in [1.807, 2.05) is 4.90 Å². The highest BCUT2D eigenvalue weighted by atomic mass is 35.5. The predicted octanol–water partition coefficient (Wildman–Crippen LogP) is 5.19. The summed E-state index contributed by atoms with van der Waals surface area (Å²) in [5.41, 5.74) is 0.692. The van der Waals surface area contributed by atoms with Crippen LogP contribution in [0.25, 0.3) is 0 Å². The lowest BCUT2D eigenvalue weighted by molar-refractivity contribution is -0.137. The van der Waals surface area contributed by atoms with Crippen LogP contribution in [0.1, 0.15) is 32.9 Å². The highest BCUT2D eigenvalue weighted by molar-refractivity contribution is 6.30. The SMILES string of the molecule is Cc1onc(C(=O)N2CCN(Cc3cccc(C(F)(F)F)c3)CC2)c1COc1cccc(Cl)c1. The number of rotatable bonds is 6. The van der Waals surface area contributed by atoms with Crippen LogP contribution >= 0.6 is 11.6 Å². The van der Waals surface area contributed by atoms with Gasteiger partial charge in [0.25, 0.3) is 5.91 Å². The predicted molar refractivity (Wildman–Crippen MR) is 120 cm³/mol. The summed E-state index contributed by atoms with van der Waals surface area (Å²) in [5.74, 6) is 0.795. The molecule has 1 fully saturated rings. The Hall–Kier alpha value is -3.04. The largest absolute Gasteiger partial charge is 0.489 e. The van der Waals surface area contributed by atoms with Gasteiger partial charge in [0.15, 0.2) is 5.69 Å². The number of aromatic nitrogens is 1.